The maximum Gasteiger partial charge on any atom is 0.347 e. The van der Waals surface area contributed by atoms with Crippen molar-refractivity contribution in [1.29, 1.82) is 0 Å². The topological polar surface area (TPSA) is 93.1 Å². The molecule has 0 amide bonds. The van der Waals surface area contributed by atoms with E-state index >= 15 is 0 Å². The normalized spacial score (nSPS) is 30.2. The van der Waals surface area contributed by atoms with Gasteiger partial charge in [0.25, 0.3) is 0 Å². The Morgan fingerprint density at radius 3 is 2.83 bits per heavy atom. The first-order valence-corrected chi connectivity index (χ1v) is 8.22. The number of carbonyl (C=O) groups excluding carboxylic acids is 2. The van der Waals surface area contributed by atoms with Gasteiger partial charge in [-0.25, -0.2) is 9.59 Å². The van der Waals surface area contributed by atoms with Crippen molar-refractivity contribution in [2.24, 2.45) is 0 Å². The SMILES string of the molecule is CC=CC=CC(=O)OC1CC/C=C\C(O)C(O)C(CCC)OC1=O. The summed E-state index contributed by atoms with van der Waals surface area (Å²) in [6.07, 6.45) is 6.83. The highest BCUT2D eigenvalue weighted by Crippen LogP contribution is 2.17. The second-order valence-electron chi connectivity index (χ2n) is 5.56. The van der Waals surface area contributed by atoms with Gasteiger partial charge in [0.15, 0.2) is 6.10 Å². The molecule has 0 aromatic rings. The zero-order valence-corrected chi connectivity index (χ0v) is 14.1. The Morgan fingerprint density at radius 2 is 2.17 bits per heavy atom. The lowest BCUT2D eigenvalue weighted by Gasteiger charge is -2.27. The summed E-state index contributed by atoms with van der Waals surface area (Å²) in [7, 11) is 0. The molecule has 6 heteroatoms. The smallest absolute Gasteiger partial charge is 0.347 e. The summed E-state index contributed by atoms with van der Waals surface area (Å²) in [6.45, 7) is 3.69. The minimum absolute atomic E-state index is 0.250. The Bertz CT molecular complexity index is 494. The van der Waals surface area contributed by atoms with Crippen LogP contribution in [0.5, 0.6) is 0 Å². The molecular formula is C18H26O6. The van der Waals surface area contributed by atoms with E-state index in [0.29, 0.717) is 19.3 Å². The van der Waals surface area contributed by atoms with E-state index < -0.39 is 36.4 Å². The fourth-order valence-electron chi connectivity index (χ4n) is 2.28. The monoisotopic (exact) mass is 338 g/mol. The number of rotatable bonds is 5. The predicted molar refractivity (Wildman–Crippen MR) is 89.0 cm³/mol. The van der Waals surface area contributed by atoms with Crippen LogP contribution in [0.2, 0.25) is 0 Å². The molecule has 0 spiro atoms. The third kappa shape index (κ3) is 6.68. The van der Waals surface area contributed by atoms with E-state index in [1.807, 2.05) is 13.8 Å². The number of hydrogen-bond acceptors (Lipinski definition) is 6. The van der Waals surface area contributed by atoms with Gasteiger partial charge in [-0.2, -0.15) is 0 Å². The van der Waals surface area contributed by atoms with Crippen LogP contribution in [0.1, 0.15) is 39.5 Å². The number of carbonyl (C=O) groups is 2. The van der Waals surface area contributed by atoms with Crippen molar-refractivity contribution < 1.29 is 29.3 Å². The predicted octanol–water partition coefficient (Wildman–Crippen LogP) is 1.81. The number of hydrogen-bond donors (Lipinski definition) is 2. The van der Waals surface area contributed by atoms with Gasteiger partial charge < -0.3 is 19.7 Å². The van der Waals surface area contributed by atoms with Crippen molar-refractivity contribution in [2.45, 2.75) is 63.9 Å². The molecule has 1 heterocycles. The van der Waals surface area contributed by atoms with Gasteiger partial charge in [-0.15, -0.1) is 0 Å². The first-order chi connectivity index (χ1) is 11.5. The molecule has 1 aliphatic heterocycles. The molecule has 4 unspecified atom stereocenters. The van der Waals surface area contributed by atoms with Gasteiger partial charge in [-0.1, -0.05) is 43.7 Å². The first kappa shape index (κ1) is 20.1. The van der Waals surface area contributed by atoms with E-state index in [0.717, 1.165) is 0 Å². The van der Waals surface area contributed by atoms with Crippen molar-refractivity contribution >= 4 is 11.9 Å². The summed E-state index contributed by atoms with van der Waals surface area (Å²) in [5.74, 6) is -1.34. The summed E-state index contributed by atoms with van der Waals surface area (Å²) in [5, 5.41) is 20.0. The number of aliphatic hydroxyl groups excluding tert-OH is 2. The number of cyclic esters (lactones) is 1. The molecule has 4 atom stereocenters. The Labute approximate surface area is 142 Å². The van der Waals surface area contributed by atoms with Crippen LogP contribution in [0, 0.1) is 0 Å². The van der Waals surface area contributed by atoms with E-state index in [-0.39, 0.29) is 6.42 Å². The molecule has 0 aromatic heterocycles. The maximum absolute atomic E-state index is 12.3. The second kappa shape index (κ2) is 10.8. The summed E-state index contributed by atoms with van der Waals surface area (Å²) in [4.78, 5) is 24.0. The Balaban J connectivity index is 2.84. The van der Waals surface area contributed by atoms with Gasteiger partial charge >= 0.3 is 11.9 Å². The van der Waals surface area contributed by atoms with Crippen molar-refractivity contribution in [3.8, 4) is 0 Å². The highest BCUT2D eigenvalue weighted by molar-refractivity contribution is 5.85. The van der Waals surface area contributed by atoms with Crippen LogP contribution >= 0.6 is 0 Å². The number of ether oxygens (including phenoxy) is 2. The molecule has 0 bridgehead atoms. The standard InChI is InChI=1S/C18H26O6/c1-3-5-6-12-16(20)23-15-11-8-7-10-13(19)17(21)14(9-4-2)24-18(15)22/h3,5-7,10,12-15,17,19,21H,4,8-9,11H2,1-2H3/b5-3?,10-7-,12-6?. The third-order valence-corrected chi connectivity index (χ3v) is 3.56. The van der Waals surface area contributed by atoms with E-state index in [1.165, 1.54) is 18.2 Å². The van der Waals surface area contributed by atoms with Crippen molar-refractivity contribution in [3.63, 3.8) is 0 Å². The molecule has 1 rings (SSSR count). The average Bonchev–Trinajstić information content (AvgIpc) is 2.55. The average molecular weight is 338 g/mol. The Kier molecular flexibility index (Phi) is 9.04. The Hall–Kier alpha value is -1.92. The maximum atomic E-state index is 12.3. The van der Waals surface area contributed by atoms with E-state index in [9.17, 15) is 19.8 Å². The summed E-state index contributed by atoms with van der Waals surface area (Å²) >= 11 is 0. The van der Waals surface area contributed by atoms with Gasteiger partial charge in [-0.3, -0.25) is 0 Å². The largest absolute Gasteiger partial charge is 0.457 e. The van der Waals surface area contributed by atoms with Crippen molar-refractivity contribution in [1.82, 2.24) is 0 Å². The molecule has 2 N–H and O–H groups in total. The molecule has 0 aliphatic carbocycles. The molecule has 0 aromatic carbocycles. The van der Waals surface area contributed by atoms with Crippen LogP contribution in [0.15, 0.2) is 36.5 Å². The highest BCUT2D eigenvalue weighted by Gasteiger charge is 2.32. The molecule has 134 valence electrons. The van der Waals surface area contributed by atoms with E-state index in [1.54, 1.807) is 18.2 Å². The quantitative estimate of drug-likeness (QED) is 0.344. The molecule has 6 nitrogen and oxygen atoms in total. The van der Waals surface area contributed by atoms with E-state index in [4.69, 9.17) is 9.47 Å². The molecule has 0 radical (unpaired) electrons. The zero-order chi connectivity index (χ0) is 17.9. The summed E-state index contributed by atoms with van der Waals surface area (Å²) in [5.41, 5.74) is 0. The van der Waals surface area contributed by atoms with Crippen molar-refractivity contribution in [3.05, 3.63) is 36.5 Å². The summed E-state index contributed by atoms with van der Waals surface area (Å²) < 4.78 is 10.4. The molecule has 1 aliphatic rings. The molecular weight excluding hydrogens is 312 g/mol. The molecule has 0 fully saturated rings. The zero-order valence-electron chi connectivity index (χ0n) is 14.1. The lowest BCUT2D eigenvalue weighted by Crippen LogP contribution is -2.42. The van der Waals surface area contributed by atoms with Crippen LogP contribution in [0.25, 0.3) is 0 Å². The number of esters is 2. The van der Waals surface area contributed by atoms with Crippen LogP contribution in [-0.4, -0.2) is 46.6 Å². The van der Waals surface area contributed by atoms with Gasteiger partial charge in [0.1, 0.15) is 18.3 Å². The van der Waals surface area contributed by atoms with Crippen LogP contribution < -0.4 is 0 Å². The van der Waals surface area contributed by atoms with Gasteiger partial charge in [0, 0.05) is 6.08 Å². The fraction of sp³-hybridized carbons (Fsp3) is 0.556. The van der Waals surface area contributed by atoms with Gasteiger partial charge in [-0.05, 0) is 26.2 Å². The molecule has 0 saturated carbocycles. The summed E-state index contributed by atoms with van der Waals surface area (Å²) in [6, 6.07) is 0. The minimum Gasteiger partial charge on any atom is -0.457 e. The fourth-order valence-corrected chi connectivity index (χ4v) is 2.28. The number of allylic oxidation sites excluding steroid dienone is 4. The second-order valence-corrected chi connectivity index (χ2v) is 5.56. The van der Waals surface area contributed by atoms with Crippen LogP contribution in [0.3, 0.4) is 0 Å². The molecule has 24 heavy (non-hydrogen) atoms. The van der Waals surface area contributed by atoms with Gasteiger partial charge in [0.2, 0.25) is 0 Å². The highest BCUT2D eigenvalue weighted by atomic mass is 16.6. The van der Waals surface area contributed by atoms with Crippen LogP contribution in [-0.2, 0) is 19.1 Å². The number of aliphatic hydroxyl groups is 2. The lowest BCUT2D eigenvalue weighted by atomic mass is 10.0. The third-order valence-electron chi connectivity index (χ3n) is 3.56. The van der Waals surface area contributed by atoms with Crippen molar-refractivity contribution in [2.75, 3.05) is 0 Å². The molecule has 0 saturated heterocycles. The minimum atomic E-state index is -1.21. The van der Waals surface area contributed by atoms with Crippen LogP contribution in [0.4, 0.5) is 0 Å². The van der Waals surface area contributed by atoms with Gasteiger partial charge in [0.05, 0.1) is 0 Å². The Morgan fingerprint density at radius 1 is 1.42 bits per heavy atom. The first-order valence-electron chi connectivity index (χ1n) is 8.22. The van der Waals surface area contributed by atoms with E-state index in [2.05, 4.69) is 0 Å². The lowest BCUT2D eigenvalue weighted by molar-refractivity contribution is -0.176.